The van der Waals surface area contributed by atoms with Gasteiger partial charge in [0.2, 0.25) is 5.88 Å². The molecule has 39 heavy (non-hydrogen) atoms. The summed E-state index contributed by atoms with van der Waals surface area (Å²) in [6.45, 7) is 7.18. The van der Waals surface area contributed by atoms with Gasteiger partial charge >= 0.3 is 5.97 Å². The summed E-state index contributed by atoms with van der Waals surface area (Å²) in [7, 11) is 0. The van der Waals surface area contributed by atoms with E-state index >= 15 is 0 Å². The molecule has 5 rings (SSSR count). The molecular weight excluding hydrogens is 492 g/mol. The summed E-state index contributed by atoms with van der Waals surface area (Å²) in [5.74, 6) is 1.52. The molecule has 2 N–H and O–H groups in total. The fourth-order valence-electron chi connectivity index (χ4n) is 4.84. The number of fused-ring (bicyclic) bond motifs is 1. The van der Waals surface area contributed by atoms with Gasteiger partial charge in [-0.1, -0.05) is 18.2 Å². The number of ether oxygens (including phenoxy) is 2. The normalized spacial score (nSPS) is 12.9. The van der Waals surface area contributed by atoms with E-state index in [1.807, 2.05) is 29.7 Å². The molecule has 0 spiro atoms. The molecule has 0 aliphatic heterocycles. The standard InChI is InChI=1S/C30H34N6O3/c1-4-38-29(37)8-7-23-11-24(22-5-6-22)15-36-16-25(35-30(23)36)17-39-28-12-27(33-18-34-28)32-14-26-19(2)9-21(13-31)10-20(26)3/h9-13,15-16,18,22,31H,4-8,14,17H2,1-3H3,(H,32,33,34). The zero-order chi connectivity index (χ0) is 27.4. The molecule has 4 aromatic rings. The average Bonchev–Trinajstić information content (AvgIpc) is 3.69. The third-order valence-electron chi connectivity index (χ3n) is 6.99. The van der Waals surface area contributed by atoms with Gasteiger partial charge in [0.25, 0.3) is 0 Å². The number of hydrogen-bond acceptors (Lipinski definition) is 8. The van der Waals surface area contributed by atoms with Crippen molar-refractivity contribution in [3.05, 3.63) is 82.1 Å². The van der Waals surface area contributed by atoms with Crippen molar-refractivity contribution in [3.63, 3.8) is 0 Å². The Morgan fingerprint density at radius 1 is 1.15 bits per heavy atom. The van der Waals surface area contributed by atoms with Crippen LogP contribution in [-0.2, 0) is 29.1 Å². The molecule has 0 radical (unpaired) electrons. The summed E-state index contributed by atoms with van der Waals surface area (Å²) in [4.78, 5) is 25.4. The first-order valence-corrected chi connectivity index (χ1v) is 13.4. The predicted octanol–water partition coefficient (Wildman–Crippen LogP) is 5.30. The van der Waals surface area contributed by atoms with Crippen LogP contribution >= 0.6 is 0 Å². The van der Waals surface area contributed by atoms with Crippen molar-refractivity contribution in [2.24, 2.45) is 0 Å². The second-order valence-corrected chi connectivity index (χ2v) is 10.0. The average molecular weight is 527 g/mol. The highest BCUT2D eigenvalue weighted by atomic mass is 16.5. The number of esters is 1. The number of nitrogens with one attached hydrogen (secondary N) is 2. The first kappa shape index (κ1) is 26.3. The Labute approximate surface area is 228 Å². The molecule has 9 heteroatoms. The van der Waals surface area contributed by atoms with Crippen LogP contribution in [0.1, 0.15) is 71.2 Å². The molecular formula is C30H34N6O3. The largest absolute Gasteiger partial charge is 0.471 e. The van der Waals surface area contributed by atoms with Gasteiger partial charge in [-0.2, -0.15) is 0 Å². The zero-order valence-corrected chi connectivity index (χ0v) is 22.7. The molecule has 0 saturated heterocycles. The molecule has 3 aromatic heterocycles. The van der Waals surface area contributed by atoms with E-state index in [1.54, 1.807) is 6.07 Å². The predicted molar refractivity (Wildman–Crippen MR) is 150 cm³/mol. The Balaban J connectivity index is 1.26. The summed E-state index contributed by atoms with van der Waals surface area (Å²) in [6, 6.07) is 7.99. The van der Waals surface area contributed by atoms with Gasteiger partial charge in [-0.25, -0.2) is 15.0 Å². The maximum absolute atomic E-state index is 12.0. The molecule has 0 unspecified atom stereocenters. The molecule has 3 heterocycles. The minimum absolute atomic E-state index is 0.190. The zero-order valence-electron chi connectivity index (χ0n) is 22.7. The summed E-state index contributed by atoms with van der Waals surface area (Å²) in [5.41, 5.74) is 8.29. The van der Waals surface area contributed by atoms with Gasteiger partial charge < -0.3 is 24.6 Å². The van der Waals surface area contributed by atoms with E-state index in [1.165, 1.54) is 36.5 Å². The lowest BCUT2D eigenvalue weighted by Crippen LogP contribution is -2.06. The van der Waals surface area contributed by atoms with Crippen molar-refractivity contribution in [2.45, 2.75) is 65.5 Å². The minimum Gasteiger partial charge on any atom is -0.471 e. The number of carbonyl (C=O) groups excluding carboxylic acids is 1. The van der Waals surface area contributed by atoms with Gasteiger partial charge in [-0.05, 0) is 79.3 Å². The van der Waals surface area contributed by atoms with Crippen molar-refractivity contribution >= 4 is 23.6 Å². The van der Waals surface area contributed by atoms with Crippen LogP contribution in [0.3, 0.4) is 0 Å². The van der Waals surface area contributed by atoms with Gasteiger partial charge in [0.1, 0.15) is 24.4 Å². The highest BCUT2D eigenvalue weighted by molar-refractivity contribution is 5.78. The quantitative estimate of drug-likeness (QED) is 0.190. The van der Waals surface area contributed by atoms with E-state index in [0.717, 1.165) is 33.6 Å². The SMILES string of the molecule is CCOC(=O)CCc1cc(C2CC2)cn2cc(COc3cc(NCc4c(C)cc(C=N)cc4C)ncn3)nc12. The smallest absolute Gasteiger partial charge is 0.306 e. The van der Waals surface area contributed by atoms with Crippen molar-refractivity contribution in [1.82, 2.24) is 19.4 Å². The van der Waals surface area contributed by atoms with Crippen LogP contribution in [-0.4, -0.2) is 38.1 Å². The molecule has 1 aliphatic carbocycles. The Hall–Kier alpha value is -4.27. The fraction of sp³-hybridized carbons (Fsp3) is 0.367. The van der Waals surface area contributed by atoms with Crippen molar-refractivity contribution in [3.8, 4) is 5.88 Å². The Bertz CT molecular complexity index is 1490. The number of benzene rings is 1. The summed E-state index contributed by atoms with van der Waals surface area (Å²) in [5, 5.41) is 10.9. The van der Waals surface area contributed by atoms with Crippen LogP contribution in [0.25, 0.3) is 5.65 Å². The van der Waals surface area contributed by atoms with Gasteiger partial charge in [-0.15, -0.1) is 0 Å². The number of pyridine rings is 1. The number of imidazole rings is 1. The number of rotatable bonds is 12. The fourth-order valence-corrected chi connectivity index (χ4v) is 4.84. The Morgan fingerprint density at radius 2 is 1.95 bits per heavy atom. The number of carbonyl (C=O) groups is 1. The molecule has 0 atom stereocenters. The molecule has 1 aromatic carbocycles. The topological polar surface area (TPSA) is 114 Å². The molecule has 0 amide bonds. The van der Waals surface area contributed by atoms with Gasteiger partial charge in [-0.3, -0.25) is 4.79 Å². The monoisotopic (exact) mass is 526 g/mol. The van der Waals surface area contributed by atoms with Crippen LogP contribution < -0.4 is 10.1 Å². The minimum atomic E-state index is -0.190. The molecule has 9 nitrogen and oxygen atoms in total. The lowest BCUT2D eigenvalue weighted by molar-refractivity contribution is -0.143. The van der Waals surface area contributed by atoms with Gasteiger partial charge in [0, 0.05) is 37.6 Å². The summed E-state index contributed by atoms with van der Waals surface area (Å²) in [6.07, 6.45) is 10.3. The second-order valence-electron chi connectivity index (χ2n) is 10.0. The lowest BCUT2D eigenvalue weighted by Gasteiger charge is -2.13. The van der Waals surface area contributed by atoms with Crippen molar-refractivity contribution < 1.29 is 14.3 Å². The van der Waals surface area contributed by atoms with E-state index in [4.69, 9.17) is 19.9 Å². The molecule has 202 valence electrons. The second kappa shape index (κ2) is 11.6. The first-order valence-electron chi connectivity index (χ1n) is 13.4. The number of aryl methyl sites for hydroxylation is 3. The number of nitrogens with zero attached hydrogens (tertiary/aromatic N) is 4. The molecule has 1 fully saturated rings. The van der Waals surface area contributed by atoms with Gasteiger partial charge in [0.15, 0.2) is 0 Å². The van der Waals surface area contributed by atoms with E-state index in [0.29, 0.717) is 43.6 Å². The Morgan fingerprint density at radius 3 is 2.67 bits per heavy atom. The lowest BCUT2D eigenvalue weighted by atomic mass is 9.99. The van der Waals surface area contributed by atoms with E-state index < -0.39 is 0 Å². The highest BCUT2D eigenvalue weighted by Crippen LogP contribution is 2.40. The highest BCUT2D eigenvalue weighted by Gasteiger charge is 2.25. The first-order chi connectivity index (χ1) is 18.9. The number of anilines is 1. The van der Waals surface area contributed by atoms with Gasteiger partial charge in [0.05, 0.1) is 12.3 Å². The number of hydrogen-bond donors (Lipinski definition) is 2. The van der Waals surface area contributed by atoms with E-state index in [-0.39, 0.29) is 12.6 Å². The maximum Gasteiger partial charge on any atom is 0.306 e. The molecule has 1 saturated carbocycles. The van der Waals surface area contributed by atoms with E-state index in [2.05, 4.69) is 41.4 Å². The maximum atomic E-state index is 12.0. The molecule has 0 bridgehead atoms. The summed E-state index contributed by atoms with van der Waals surface area (Å²) >= 11 is 0. The Kier molecular flexibility index (Phi) is 7.86. The van der Waals surface area contributed by atoms with E-state index in [9.17, 15) is 4.79 Å². The van der Waals surface area contributed by atoms with Crippen LogP contribution in [0.15, 0.2) is 43.0 Å². The van der Waals surface area contributed by atoms with Crippen molar-refractivity contribution in [1.29, 1.82) is 5.41 Å². The van der Waals surface area contributed by atoms with Crippen LogP contribution in [0.5, 0.6) is 5.88 Å². The number of aromatic nitrogens is 4. The third-order valence-corrected chi connectivity index (χ3v) is 6.99. The van der Waals surface area contributed by atoms with Crippen LogP contribution in [0.2, 0.25) is 0 Å². The van der Waals surface area contributed by atoms with Crippen LogP contribution in [0, 0.1) is 19.3 Å². The van der Waals surface area contributed by atoms with Crippen LogP contribution in [0.4, 0.5) is 5.82 Å². The third kappa shape index (κ3) is 6.42. The molecule has 1 aliphatic rings. The van der Waals surface area contributed by atoms with Crippen molar-refractivity contribution in [2.75, 3.05) is 11.9 Å². The summed E-state index contributed by atoms with van der Waals surface area (Å²) < 4.78 is 13.2.